The van der Waals surface area contributed by atoms with Crippen molar-refractivity contribution < 1.29 is 34.1 Å². The molecule has 63 heavy (non-hydrogen) atoms. The highest BCUT2D eigenvalue weighted by Gasteiger charge is 2.38. The van der Waals surface area contributed by atoms with E-state index >= 15 is 0 Å². The van der Waals surface area contributed by atoms with Crippen LogP contribution in [0.1, 0.15) is 75.6 Å². The Hall–Kier alpha value is -3.26. The van der Waals surface area contributed by atoms with Crippen LogP contribution in [0, 0.1) is 11.8 Å². The molecule has 2 aromatic carbocycles. The second kappa shape index (κ2) is 26.6. The van der Waals surface area contributed by atoms with E-state index in [1.54, 1.807) is 0 Å². The molecule has 0 saturated carbocycles. The first-order chi connectivity index (χ1) is 30.2. The van der Waals surface area contributed by atoms with E-state index in [9.17, 15) is 29.4 Å². The number of esters is 1. The zero-order valence-electron chi connectivity index (χ0n) is 37.6. The Morgan fingerprint density at radius 3 is 1.65 bits per heavy atom. The van der Waals surface area contributed by atoms with Crippen LogP contribution in [0.25, 0.3) is 0 Å². The molecule has 3 heterocycles. The summed E-state index contributed by atoms with van der Waals surface area (Å²) in [7, 11) is 0. The molecule has 5 rings (SSSR count). The third-order valence-electron chi connectivity index (χ3n) is 12.9. The number of hydrogen-bond donors (Lipinski definition) is 10. The summed E-state index contributed by atoms with van der Waals surface area (Å²) in [6.07, 6.45) is 3.66. The Morgan fingerprint density at radius 2 is 1.25 bits per heavy atom. The second-order valence-corrected chi connectivity index (χ2v) is 18.2. The highest BCUT2D eigenvalue weighted by molar-refractivity contribution is 7.80. The van der Waals surface area contributed by atoms with E-state index in [0.717, 1.165) is 24.9 Å². The van der Waals surface area contributed by atoms with Gasteiger partial charge in [-0.1, -0.05) is 89.1 Å². The van der Waals surface area contributed by atoms with Crippen molar-refractivity contribution in [2.75, 3.05) is 50.9 Å². The van der Waals surface area contributed by atoms with Crippen molar-refractivity contribution in [1.82, 2.24) is 31.1 Å². The fraction of sp³-hybridized carbons (Fsp3) is 0.652. The van der Waals surface area contributed by atoms with Crippen LogP contribution in [0.5, 0.6) is 0 Å². The number of fused-ring (bicyclic) bond motifs is 2. The standard InChI is InChI=1S/C23H38N4O4S.C23H36N4O3S/c1-3-15(2)20(25-11-18(24)14-32)13-27-12-17-7-5-4-6-16(17)10-21(27)22(29)26-19(8-9-28)23(30)31;1-3-15(2)20(25-11-18(24)14-31)13-27-12-17-7-5-4-6-16(17)10-21(27)22(28)26-19-8-9-30-23(19)29/h4-7,15,18-21,25,28,32H,3,8-14,24H2,1-2H3,(H,26,29)(H,30,31);4-7,15,18-21,25,31H,3,8-14,24H2,1-2H3,(H,26,28)/t2*15?,18-,19+,20-,21+/m11/s1. The number of ether oxygens (including phenoxy) is 1. The lowest BCUT2D eigenvalue weighted by Gasteiger charge is -2.40. The summed E-state index contributed by atoms with van der Waals surface area (Å²) in [5.41, 5.74) is 16.9. The van der Waals surface area contributed by atoms with Crippen LogP contribution in [-0.4, -0.2) is 143 Å². The average molecular weight is 915 g/mol. The maximum Gasteiger partial charge on any atom is 0.328 e. The van der Waals surface area contributed by atoms with E-state index in [-0.39, 0.29) is 61.0 Å². The molecule has 10 atom stereocenters. The summed E-state index contributed by atoms with van der Waals surface area (Å²) in [6.45, 7) is 12.8. The number of aliphatic hydroxyl groups excluding tert-OH is 1. The van der Waals surface area contributed by atoms with Gasteiger partial charge in [0.2, 0.25) is 11.8 Å². The Kier molecular flexibility index (Phi) is 22.1. The fourth-order valence-corrected chi connectivity index (χ4v) is 8.56. The average Bonchev–Trinajstić information content (AvgIpc) is 3.70. The molecule has 0 radical (unpaired) electrons. The summed E-state index contributed by atoms with van der Waals surface area (Å²) in [5.74, 6) is 0.0977. The molecule has 15 nitrogen and oxygen atoms in total. The number of nitrogens with two attached hydrogens (primary N) is 2. The number of carboxylic acids is 1. The first-order valence-corrected chi connectivity index (χ1v) is 23.9. The van der Waals surface area contributed by atoms with Crippen molar-refractivity contribution in [3.63, 3.8) is 0 Å². The number of nitrogens with zero attached hydrogens (tertiary/aromatic N) is 2. The molecule has 352 valence electrons. The number of aliphatic hydroxyl groups is 1. The summed E-state index contributed by atoms with van der Waals surface area (Å²) in [5, 5.41) is 31.3. The Bertz CT molecular complexity index is 1760. The molecule has 0 aliphatic carbocycles. The summed E-state index contributed by atoms with van der Waals surface area (Å²) in [4.78, 5) is 54.2. The molecule has 10 N–H and O–H groups in total. The highest BCUT2D eigenvalue weighted by atomic mass is 32.1. The van der Waals surface area contributed by atoms with Gasteiger partial charge in [-0.2, -0.15) is 25.3 Å². The van der Waals surface area contributed by atoms with Crippen molar-refractivity contribution in [1.29, 1.82) is 0 Å². The Labute approximate surface area is 385 Å². The minimum atomic E-state index is -1.14. The summed E-state index contributed by atoms with van der Waals surface area (Å²) < 4.78 is 5.02. The lowest BCUT2D eigenvalue weighted by Crippen LogP contribution is -2.57. The van der Waals surface area contributed by atoms with Gasteiger partial charge in [0.05, 0.1) is 18.7 Å². The topological polar surface area (TPSA) is 225 Å². The molecule has 3 aliphatic heterocycles. The normalized spacial score (nSPS) is 22.1. The van der Waals surface area contributed by atoms with Crippen LogP contribution < -0.4 is 32.7 Å². The van der Waals surface area contributed by atoms with Crippen molar-refractivity contribution >= 4 is 49.0 Å². The molecular formula is C46H74N8O7S2. The van der Waals surface area contributed by atoms with Gasteiger partial charge in [-0.25, -0.2) is 9.59 Å². The number of benzene rings is 2. The SMILES string of the molecule is CCC(C)[C@@H](CN1Cc2ccccc2C[C@H]1C(=O)N[C@@H](CCO)C(=O)O)NC[C@@H](N)CS.CCC(C)[C@@H](CN1Cc2ccccc2C[C@H]1C(=O)N[C@H]1CCOC1=O)NC[C@@H](N)CS. The maximum absolute atomic E-state index is 13.2. The van der Waals surface area contributed by atoms with Gasteiger partial charge >= 0.3 is 11.9 Å². The van der Waals surface area contributed by atoms with Crippen LogP contribution in [0.2, 0.25) is 0 Å². The predicted molar refractivity (Wildman–Crippen MR) is 254 cm³/mol. The van der Waals surface area contributed by atoms with Gasteiger partial charge in [0, 0.05) is 94.4 Å². The van der Waals surface area contributed by atoms with E-state index < -0.39 is 24.1 Å². The van der Waals surface area contributed by atoms with Crippen molar-refractivity contribution in [3.8, 4) is 0 Å². The molecule has 2 unspecified atom stereocenters. The molecule has 1 fully saturated rings. The molecule has 17 heteroatoms. The van der Waals surface area contributed by atoms with Crippen LogP contribution in [0.15, 0.2) is 48.5 Å². The molecular weight excluding hydrogens is 841 g/mol. The van der Waals surface area contributed by atoms with Crippen molar-refractivity contribution in [2.24, 2.45) is 23.3 Å². The largest absolute Gasteiger partial charge is 0.480 e. The molecule has 3 aliphatic rings. The van der Waals surface area contributed by atoms with E-state index in [0.29, 0.717) is 81.9 Å². The van der Waals surface area contributed by atoms with Gasteiger partial charge in [-0.15, -0.1) is 0 Å². The third-order valence-corrected chi connectivity index (χ3v) is 13.8. The van der Waals surface area contributed by atoms with Crippen molar-refractivity contribution in [2.45, 2.75) is 128 Å². The highest BCUT2D eigenvalue weighted by Crippen LogP contribution is 2.27. The van der Waals surface area contributed by atoms with Crippen LogP contribution in [0.4, 0.5) is 0 Å². The number of cyclic esters (lactones) is 1. The van der Waals surface area contributed by atoms with Crippen molar-refractivity contribution in [3.05, 3.63) is 70.8 Å². The van der Waals surface area contributed by atoms with Gasteiger partial charge in [0.15, 0.2) is 0 Å². The van der Waals surface area contributed by atoms with E-state index in [1.807, 2.05) is 30.3 Å². The smallest absolute Gasteiger partial charge is 0.328 e. The zero-order chi connectivity index (χ0) is 46.1. The summed E-state index contributed by atoms with van der Waals surface area (Å²) in [6, 6.07) is 14.1. The van der Waals surface area contributed by atoms with Crippen LogP contribution >= 0.6 is 25.3 Å². The Morgan fingerprint density at radius 1 is 0.794 bits per heavy atom. The number of hydrogen-bond acceptors (Lipinski definition) is 14. The lowest BCUT2D eigenvalue weighted by atomic mass is 9.91. The van der Waals surface area contributed by atoms with Gasteiger partial charge in [-0.05, 0) is 46.9 Å². The number of amides is 2. The van der Waals surface area contributed by atoms with Gasteiger partial charge < -0.3 is 47.7 Å². The fourth-order valence-electron chi connectivity index (χ4n) is 8.30. The minimum absolute atomic E-state index is 0.00977. The molecule has 1 saturated heterocycles. The monoisotopic (exact) mass is 915 g/mol. The molecule has 0 bridgehead atoms. The van der Waals surface area contributed by atoms with E-state index in [1.165, 1.54) is 16.7 Å². The number of aliphatic carboxylic acids is 1. The quantitative estimate of drug-likeness (QED) is 0.0568. The third kappa shape index (κ3) is 15.7. The minimum Gasteiger partial charge on any atom is -0.480 e. The summed E-state index contributed by atoms with van der Waals surface area (Å²) >= 11 is 8.56. The predicted octanol–water partition coefficient (Wildman–Crippen LogP) is 1.73. The molecule has 0 spiro atoms. The molecule has 2 aromatic rings. The van der Waals surface area contributed by atoms with Gasteiger partial charge in [-0.3, -0.25) is 19.4 Å². The number of rotatable bonds is 23. The number of thiol groups is 2. The molecule has 2 amide bonds. The molecule has 0 aromatic heterocycles. The number of carboxylic acid groups (broad SMARTS) is 1. The van der Waals surface area contributed by atoms with E-state index in [2.05, 4.69) is 102 Å². The zero-order valence-corrected chi connectivity index (χ0v) is 39.4. The first kappa shape index (κ1) is 52.4. The Balaban J connectivity index is 0.000000277. The number of nitrogens with one attached hydrogen (secondary N) is 4. The maximum atomic E-state index is 13.2. The lowest BCUT2D eigenvalue weighted by molar-refractivity contribution is -0.143. The van der Waals surface area contributed by atoms with Crippen LogP contribution in [-0.2, 0) is 49.8 Å². The van der Waals surface area contributed by atoms with E-state index in [4.69, 9.17) is 16.2 Å². The van der Waals surface area contributed by atoms with Gasteiger partial charge in [0.25, 0.3) is 0 Å². The van der Waals surface area contributed by atoms with Gasteiger partial charge in [0.1, 0.15) is 12.1 Å². The number of carbonyl (C=O) groups is 4. The van der Waals surface area contributed by atoms with Crippen LogP contribution in [0.3, 0.4) is 0 Å². The second-order valence-electron chi connectivity index (χ2n) is 17.5. The number of carbonyl (C=O) groups excluding carboxylic acids is 3. The first-order valence-electron chi connectivity index (χ1n) is 22.6.